The fourth-order valence-electron chi connectivity index (χ4n) is 1.98. The molecule has 1 unspecified atom stereocenters. The quantitative estimate of drug-likeness (QED) is 0.786. The predicted molar refractivity (Wildman–Crippen MR) is 66.1 cm³/mol. The average molecular weight is 245 g/mol. The Balaban J connectivity index is 1.92. The highest BCUT2D eigenvalue weighted by molar-refractivity contribution is 5.44. The van der Waals surface area contributed by atoms with Crippen molar-refractivity contribution in [1.82, 2.24) is 0 Å². The minimum Gasteiger partial charge on any atom is -0.485 e. The molecule has 0 radical (unpaired) electrons. The number of fused-ring (bicyclic) bond motifs is 1. The summed E-state index contributed by atoms with van der Waals surface area (Å²) in [5, 5.41) is 0. The molecule has 0 amide bonds. The minimum absolute atomic E-state index is 0.290. The maximum Gasteiger partial charge on any atom is 0.162 e. The van der Waals surface area contributed by atoms with Crippen molar-refractivity contribution in [2.24, 2.45) is 0 Å². The third-order valence-corrected chi connectivity index (χ3v) is 2.88. The summed E-state index contributed by atoms with van der Waals surface area (Å²) in [6.07, 6.45) is -0.444. The Bertz CT molecular complexity index is 586. The highest BCUT2D eigenvalue weighted by atomic mass is 19.1. The molecule has 0 bridgehead atoms. The van der Waals surface area contributed by atoms with E-state index in [2.05, 4.69) is 0 Å². The molecule has 0 aliphatic carbocycles. The highest BCUT2D eigenvalue weighted by Gasteiger charge is 2.24. The van der Waals surface area contributed by atoms with Gasteiger partial charge in [0.25, 0.3) is 0 Å². The lowest BCUT2D eigenvalue weighted by molar-refractivity contribution is 0.0887. The number of para-hydroxylation sites is 2. The molecule has 0 aromatic heterocycles. The number of benzene rings is 2. The monoisotopic (exact) mass is 245 g/mol. The van der Waals surface area contributed by atoms with Crippen LogP contribution in [-0.4, -0.2) is 6.61 Å². The fraction of sp³-hybridized carbons (Fsp3) is 0.143. The number of hydrogen-bond acceptors (Lipinski definition) is 3. The number of ether oxygens (including phenoxy) is 2. The molecule has 0 fully saturated rings. The second kappa shape index (κ2) is 4.22. The van der Waals surface area contributed by atoms with Crippen LogP contribution in [0.15, 0.2) is 42.5 Å². The summed E-state index contributed by atoms with van der Waals surface area (Å²) < 4.78 is 25.1. The Kier molecular flexibility index (Phi) is 2.55. The first kappa shape index (κ1) is 10.9. The van der Waals surface area contributed by atoms with Crippen LogP contribution in [0.1, 0.15) is 11.7 Å². The van der Waals surface area contributed by atoms with Gasteiger partial charge in [0.1, 0.15) is 12.4 Å². The van der Waals surface area contributed by atoms with E-state index in [0.717, 1.165) is 0 Å². The summed E-state index contributed by atoms with van der Waals surface area (Å²) in [7, 11) is 0. The van der Waals surface area contributed by atoms with Gasteiger partial charge in [0.05, 0.1) is 0 Å². The maximum atomic E-state index is 13.8. The van der Waals surface area contributed by atoms with E-state index >= 15 is 0 Å². The third kappa shape index (κ3) is 1.86. The first-order chi connectivity index (χ1) is 8.74. The molecule has 2 aromatic carbocycles. The van der Waals surface area contributed by atoms with Gasteiger partial charge in [-0.05, 0) is 24.3 Å². The van der Waals surface area contributed by atoms with Gasteiger partial charge in [0, 0.05) is 11.3 Å². The average Bonchev–Trinajstić information content (AvgIpc) is 2.38. The van der Waals surface area contributed by atoms with Crippen LogP contribution >= 0.6 is 0 Å². The van der Waals surface area contributed by atoms with Crippen molar-refractivity contribution in [2.45, 2.75) is 6.10 Å². The van der Waals surface area contributed by atoms with E-state index in [1.165, 1.54) is 6.07 Å². The molecule has 2 aromatic rings. The van der Waals surface area contributed by atoms with Crippen molar-refractivity contribution in [1.29, 1.82) is 0 Å². The third-order valence-electron chi connectivity index (χ3n) is 2.88. The lowest BCUT2D eigenvalue weighted by Gasteiger charge is -2.26. The van der Waals surface area contributed by atoms with E-state index < -0.39 is 6.10 Å². The van der Waals surface area contributed by atoms with Crippen LogP contribution in [0.25, 0.3) is 0 Å². The van der Waals surface area contributed by atoms with Gasteiger partial charge in [-0.25, -0.2) is 4.39 Å². The molecule has 18 heavy (non-hydrogen) atoms. The van der Waals surface area contributed by atoms with Crippen LogP contribution in [0.3, 0.4) is 0 Å². The molecule has 92 valence electrons. The zero-order valence-electron chi connectivity index (χ0n) is 9.60. The standard InChI is InChI=1S/C14H12FNO2/c15-11-7-9(16)5-6-10(11)14-8-17-12-3-1-2-4-13(12)18-14/h1-7,14H,8,16H2. The van der Waals surface area contributed by atoms with E-state index in [4.69, 9.17) is 15.2 Å². The van der Waals surface area contributed by atoms with Crippen LogP contribution in [0.4, 0.5) is 10.1 Å². The molecule has 1 aliphatic heterocycles. The molecular weight excluding hydrogens is 233 g/mol. The number of anilines is 1. The van der Waals surface area contributed by atoms with Crippen molar-refractivity contribution in [3.8, 4) is 11.5 Å². The molecule has 1 heterocycles. The van der Waals surface area contributed by atoms with Gasteiger partial charge >= 0.3 is 0 Å². The number of rotatable bonds is 1. The Morgan fingerprint density at radius 2 is 1.89 bits per heavy atom. The van der Waals surface area contributed by atoms with Crippen LogP contribution in [0.5, 0.6) is 11.5 Å². The van der Waals surface area contributed by atoms with Gasteiger partial charge in [-0.2, -0.15) is 0 Å². The van der Waals surface area contributed by atoms with Crippen molar-refractivity contribution in [3.63, 3.8) is 0 Å². The molecule has 3 rings (SSSR count). The number of hydrogen-bond donors (Lipinski definition) is 1. The molecule has 0 spiro atoms. The van der Waals surface area contributed by atoms with Crippen molar-refractivity contribution in [2.75, 3.05) is 12.3 Å². The van der Waals surface area contributed by atoms with Gasteiger partial charge in [0.2, 0.25) is 0 Å². The zero-order chi connectivity index (χ0) is 12.5. The molecule has 0 saturated heterocycles. The first-order valence-corrected chi connectivity index (χ1v) is 5.67. The molecule has 1 aliphatic rings. The van der Waals surface area contributed by atoms with E-state index in [0.29, 0.717) is 22.7 Å². The second-order valence-corrected chi connectivity index (χ2v) is 4.15. The molecular formula is C14H12FNO2. The number of halogens is 1. The first-order valence-electron chi connectivity index (χ1n) is 5.67. The Morgan fingerprint density at radius 1 is 1.11 bits per heavy atom. The summed E-state index contributed by atoms with van der Waals surface area (Å²) in [6.45, 7) is 0.290. The fourth-order valence-corrected chi connectivity index (χ4v) is 1.98. The summed E-state index contributed by atoms with van der Waals surface area (Å²) in [4.78, 5) is 0. The zero-order valence-corrected chi connectivity index (χ0v) is 9.60. The van der Waals surface area contributed by atoms with Crippen LogP contribution in [0, 0.1) is 5.82 Å². The largest absolute Gasteiger partial charge is 0.485 e. The Labute approximate surface area is 104 Å². The minimum atomic E-state index is -0.444. The molecule has 1 atom stereocenters. The summed E-state index contributed by atoms with van der Waals surface area (Å²) >= 11 is 0. The normalized spacial score (nSPS) is 17.5. The molecule has 2 N–H and O–H groups in total. The lowest BCUT2D eigenvalue weighted by Crippen LogP contribution is -2.22. The predicted octanol–water partition coefficient (Wildman–Crippen LogP) is 2.92. The topological polar surface area (TPSA) is 44.5 Å². The Hall–Kier alpha value is -2.23. The van der Waals surface area contributed by atoms with E-state index in [1.807, 2.05) is 18.2 Å². The molecule has 3 nitrogen and oxygen atoms in total. The van der Waals surface area contributed by atoms with Gasteiger partial charge in [-0.1, -0.05) is 18.2 Å². The highest BCUT2D eigenvalue weighted by Crippen LogP contribution is 2.36. The lowest BCUT2D eigenvalue weighted by atomic mass is 10.1. The van der Waals surface area contributed by atoms with E-state index in [9.17, 15) is 4.39 Å². The van der Waals surface area contributed by atoms with Crippen LogP contribution in [0.2, 0.25) is 0 Å². The molecule has 4 heteroatoms. The van der Waals surface area contributed by atoms with Gasteiger partial charge in [0.15, 0.2) is 17.6 Å². The SMILES string of the molecule is Nc1ccc(C2COc3ccccc3O2)c(F)c1. The maximum absolute atomic E-state index is 13.8. The van der Waals surface area contributed by atoms with Crippen LogP contribution < -0.4 is 15.2 Å². The summed E-state index contributed by atoms with van der Waals surface area (Å²) in [5.74, 6) is 0.942. The van der Waals surface area contributed by atoms with Crippen molar-refractivity contribution in [3.05, 3.63) is 53.8 Å². The molecule has 0 saturated carbocycles. The Morgan fingerprint density at radius 3 is 2.67 bits per heavy atom. The smallest absolute Gasteiger partial charge is 0.162 e. The number of nitrogens with two attached hydrogens (primary N) is 1. The van der Waals surface area contributed by atoms with Gasteiger partial charge in [-0.3, -0.25) is 0 Å². The van der Waals surface area contributed by atoms with Gasteiger partial charge < -0.3 is 15.2 Å². The van der Waals surface area contributed by atoms with Crippen molar-refractivity contribution >= 4 is 5.69 Å². The summed E-state index contributed by atoms with van der Waals surface area (Å²) in [6, 6.07) is 11.9. The summed E-state index contributed by atoms with van der Waals surface area (Å²) in [5.41, 5.74) is 6.38. The van der Waals surface area contributed by atoms with Crippen molar-refractivity contribution < 1.29 is 13.9 Å². The van der Waals surface area contributed by atoms with E-state index in [-0.39, 0.29) is 12.4 Å². The van der Waals surface area contributed by atoms with Gasteiger partial charge in [-0.15, -0.1) is 0 Å². The second-order valence-electron chi connectivity index (χ2n) is 4.15. The van der Waals surface area contributed by atoms with E-state index in [1.54, 1.807) is 18.2 Å². The van der Waals surface area contributed by atoms with Crippen LogP contribution in [-0.2, 0) is 0 Å². The number of nitrogen functional groups attached to an aromatic ring is 1.